The van der Waals surface area contributed by atoms with Crippen molar-refractivity contribution in [1.29, 1.82) is 0 Å². The fourth-order valence-electron chi connectivity index (χ4n) is 2.13. The maximum absolute atomic E-state index is 12.9. The molecule has 2 nitrogen and oxygen atoms in total. The molecule has 3 rings (SSSR count). The first-order valence-electron chi connectivity index (χ1n) is 6.87. The van der Waals surface area contributed by atoms with Gasteiger partial charge in [0.15, 0.2) is 5.78 Å². The summed E-state index contributed by atoms with van der Waals surface area (Å²) in [6.45, 7) is 0. The SMILES string of the molecule is O=C(C(=C1SCCCS1)c1ccccn1)c1ccccc1. The highest BCUT2D eigenvalue weighted by molar-refractivity contribution is 8.23. The number of thioether (sulfide) groups is 2. The van der Waals surface area contributed by atoms with Crippen LogP contribution in [0.25, 0.3) is 5.57 Å². The number of hydrogen-bond acceptors (Lipinski definition) is 4. The number of pyridine rings is 1. The Morgan fingerprint density at radius 3 is 2.33 bits per heavy atom. The van der Waals surface area contributed by atoms with Crippen LogP contribution in [-0.2, 0) is 0 Å². The highest BCUT2D eigenvalue weighted by Gasteiger charge is 2.22. The smallest absolute Gasteiger partial charge is 0.196 e. The average molecular weight is 313 g/mol. The van der Waals surface area contributed by atoms with E-state index in [1.54, 1.807) is 29.7 Å². The van der Waals surface area contributed by atoms with E-state index in [2.05, 4.69) is 4.98 Å². The molecule has 0 N–H and O–H groups in total. The molecule has 21 heavy (non-hydrogen) atoms. The highest BCUT2D eigenvalue weighted by Crippen LogP contribution is 2.41. The molecule has 0 spiro atoms. The van der Waals surface area contributed by atoms with Gasteiger partial charge in [0, 0.05) is 11.8 Å². The molecule has 0 unspecified atom stereocenters. The van der Waals surface area contributed by atoms with Crippen molar-refractivity contribution in [3.8, 4) is 0 Å². The lowest BCUT2D eigenvalue weighted by Gasteiger charge is -2.17. The number of carbonyl (C=O) groups is 1. The molecule has 1 aromatic carbocycles. The number of aromatic nitrogens is 1. The summed E-state index contributed by atoms with van der Waals surface area (Å²) in [6.07, 6.45) is 2.93. The van der Waals surface area contributed by atoms with E-state index in [0.29, 0.717) is 0 Å². The lowest BCUT2D eigenvalue weighted by molar-refractivity contribution is 0.105. The third-order valence-corrected chi connectivity index (χ3v) is 5.77. The summed E-state index contributed by atoms with van der Waals surface area (Å²) >= 11 is 3.54. The lowest BCUT2D eigenvalue weighted by atomic mass is 10.0. The highest BCUT2D eigenvalue weighted by atomic mass is 32.2. The van der Waals surface area contributed by atoms with Gasteiger partial charge in [-0.25, -0.2) is 0 Å². The van der Waals surface area contributed by atoms with E-state index in [1.165, 1.54) is 6.42 Å². The Morgan fingerprint density at radius 1 is 0.952 bits per heavy atom. The zero-order valence-electron chi connectivity index (χ0n) is 11.5. The van der Waals surface area contributed by atoms with Gasteiger partial charge in [-0.1, -0.05) is 36.4 Å². The number of allylic oxidation sites excluding steroid dienone is 1. The molecule has 1 saturated heterocycles. The van der Waals surface area contributed by atoms with Gasteiger partial charge in [0.25, 0.3) is 0 Å². The predicted molar refractivity (Wildman–Crippen MR) is 91.5 cm³/mol. The van der Waals surface area contributed by atoms with Gasteiger partial charge in [0.2, 0.25) is 0 Å². The van der Waals surface area contributed by atoms with Crippen molar-refractivity contribution in [3.63, 3.8) is 0 Å². The monoisotopic (exact) mass is 313 g/mol. The first-order valence-corrected chi connectivity index (χ1v) is 8.84. The zero-order valence-corrected chi connectivity index (χ0v) is 13.1. The molecule has 0 atom stereocenters. The van der Waals surface area contributed by atoms with Crippen LogP contribution in [-0.4, -0.2) is 22.3 Å². The molecule has 0 aliphatic carbocycles. The maximum Gasteiger partial charge on any atom is 0.196 e. The number of hydrogen-bond donors (Lipinski definition) is 0. The topological polar surface area (TPSA) is 30.0 Å². The molecular formula is C17H15NOS2. The minimum absolute atomic E-state index is 0.0613. The number of Topliss-reactive ketones (excluding diaryl/α,β-unsaturated/α-hetero) is 1. The zero-order chi connectivity index (χ0) is 14.5. The van der Waals surface area contributed by atoms with Crippen LogP contribution in [0.1, 0.15) is 22.5 Å². The maximum atomic E-state index is 12.9. The Hall–Kier alpha value is -1.52. The van der Waals surface area contributed by atoms with Crippen molar-refractivity contribution in [2.24, 2.45) is 0 Å². The second-order valence-corrected chi connectivity index (χ2v) is 7.09. The van der Waals surface area contributed by atoms with Gasteiger partial charge in [-0.2, -0.15) is 0 Å². The van der Waals surface area contributed by atoms with Crippen molar-refractivity contribution >= 4 is 34.9 Å². The van der Waals surface area contributed by atoms with E-state index in [0.717, 1.165) is 32.6 Å². The fourth-order valence-corrected chi connectivity index (χ4v) is 4.78. The summed E-state index contributed by atoms with van der Waals surface area (Å²) in [5.41, 5.74) is 2.23. The van der Waals surface area contributed by atoms with Gasteiger partial charge >= 0.3 is 0 Å². The van der Waals surface area contributed by atoms with E-state index >= 15 is 0 Å². The van der Waals surface area contributed by atoms with Crippen molar-refractivity contribution in [2.45, 2.75) is 6.42 Å². The van der Waals surface area contributed by atoms with Gasteiger partial charge in [-0.15, -0.1) is 23.5 Å². The Bertz CT molecular complexity index is 645. The molecule has 1 aliphatic rings. The van der Waals surface area contributed by atoms with E-state index < -0.39 is 0 Å². The Morgan fingerprint density at radius 2 is 1.67 bits per heavy atom. The Kier molecular flexibility index (Phi) is 4.78. The van der Waals surface area contributed by atoms with Crippen molar-refractivity contribution < 1.29 is 4.79 Å². The normalized spacial score (nSPS) is 14.8. The number of carbonyl (C=O) groups excluding carboxylic acids is 1. The molecule has 0 amide bonds. The molecule has 1 fully saturated rings. The van der Waals surface area contributed by atoms with E-state index in [9.17, 15) is 4.79 Å². The summed E-state index contributed by atoms with van der Waals surface area (Å²) < 4.78 is 1.11. The van der Waals surface area contributed by atoms with Crippen LogP contribution in [0.5, 0.6) is 0 Å². The summed E-state index contributed by atoms with van der Waals surface area (Å²) in [5.74, 6) is 2.20. The fraction of sp³-hybridized carbons (Fsp3) is 0.176. The summed E-state index contributed by atoms with van der Waals surface area (Å²) in [6, 6.07) is 15.2. The molecule has 2 heterocycles. The van der Waals surface area contributed by atoms with Gasteiger partial charge in [-0.05, 0) is 30.1 Å². The van der Waals surface area contributed by atoms with Crippen molar-refractivity contribution in [3.05, 3.63) is 70.2 Å². The molecule has 0 bridgehead atoms. The Labute approximate surface area is 133 Å². The van der Waals surface area contributed by atoms with E-state index in [4.69, 9.17) is 0 Å². The van der Waals surface area contributed by atoms with E-state index in [1.807, 2.05) is 48.5 Å². The summed E-state index contributed by atoms with van der Waals surface area (Å²) in [7, 11) is 0. The van der Waals surface area contributed by atoms with Crippen LogP contribution < -0.4 is 0 Å². The molecule has 1 aromatic heterocycles. The second kappa shape index (κ2) is 6.96. The second-order valence-electron chi connectivity index (χ2n) is 4.62. The van der Waals surface area contributed by atoms with Crippen LogP contribution in [0.4, 0.5) is 0 Å². The number of nitrogens with zero attached hydrogens (tertiary/aromatic N) is 1. The minimum atomic E-state index is 0.0613. The third-order valence-electron chi connectivity index (χ3n) is 3.14. The molecule has 106 valence electrons. The van der Waals surface area contributed by atoms with Crippen LogP contribution in [0.2, 0.25) is 0 Å². The Balaban J connectivity index is 2.07. The molecule has 2 aromatic rings. The molecule has 1 aliphatic heterocycles. The van der Waals surface area contributed by atoms with Gasteiger partial charge < -0.3 is 0 Å². The number of ketones is 1. The first-order chi connectivity index (χ1) is 10.4. The molecular weight excluding hydrogens is 298 g/mol. The summed E-state index contributed by atoms with van der Waals surface area (Å²) in [4.78, 5) is 17.3. The predicted octanol–water partition coefficient (Wildman–Crippen LogP) is 4.50. The number of benzene rings is 1. The lowest BCUT2D eigenvalue weighted by Crippen LogP contribution is -2.07. The van der Waals surface area contributed by atoms with Crippen LogP contribution in [0, 0.1) is 0 Å². The van der Waals surface area contributed by atoms with Crippen LogP contribution >= 0.6 is 23.5 Å². The van der Waals surface area contributed by atoms with Gasteiger partial charge in [0.1, 0.15) is 0 Å². The average Bonchev–Trinajstić information content (AvgIpc) is 2.58. The third kappa shape index (κ3) is 3.39. The quantitative estimate of drug-likeness (QED) is 0.616. The summed E-state index contributed by atoms with van der Waals surface area (Å²) in [5, 5.41) is 0. The van der Waals surface area contributed by atoms with Crippen molar-refractivity contribution in [2.75, 3.05) is 11.5 Å². The van der Waals surface area contributed by atoms with E-state index in [-0.39, 0.29) is 5.78 Å². The number of rotatable bonds is 3. The largest absolute Gasteiger partial charge is 0.288 e. The van der Waals surface area contributed by atoms with Crippen molar-refractivity contribution in [1.82, 2.24) is 4.98 Å². The standard InChI is InChI=1S/C17H15NOS2/c19-16(13-7-2-1-3-8-13)15(14-9-4-5-10-18-14)17-20-11-6-12-21-17/h1-5,7-10H,6,11-12H2. The van der Waals surface area contributed by atoms with Crippen LogP contribution in [0.3, 0.4) is 0 Å². The first kappa shape index (κ1) is 14.4. The van der Waals surface area contributed by atoms with Gasteiger partial charge in [-0.3, -0.25) is 9.78 Å². The minimum Gasteiger partial charge on any atom is -0.288 e. The molecule has 0 radical (unpaired) electrons. The molecule has 4 heteroatoms. The van der Waals surface area contributed by atoms with Gasteiger partial charge in [0.05, 0.1) is 15.5 Å². The van der Waals surface area contributed by atoms with Crippen LogP contribution in [0.15, 0.2) is 59.0 Å². The molecule has 0 saturated carbocycles.